The molecule has 0 aliphatic heterocycles. The molecule has 35 heavy (non-hydrogen) atoms. The molecule has 0 aromatic heterocycles. The second kappa shape index (κ2) is 23.0. The Balaban J connectivity index is 3.49. The van der Waals surface area contributed by atoms with Crippen molar-refractivity contribution in [2.75, 3.05) is 27.7 Å². The quantitative estimate of drug-likeness (QED) is 0.0538. The lowest BCUT2D eigenvalue weighted by atomic mass is 10.0. The minimum Gasteiger partial charge on any atom is -0.320 e. The highest BCUT2D eigenvalue weighted by Gasteiger charge is 2.41. The molecule has 0 saturated heterocycles. The zero-order valence-corrected chi connectivity index (χ0v) is 25.3. The summed E-state index contributed by atoms with van der Waals surface area (Å²) in [7, 11) is 2.29. The maximum absolute atomic E-state index is 12.7. The normalized spacial score (nSPS) is 15.0. The molecular weight excluding hydrogens is 453 g/mol. The van der Waals surface area contributed by atoms with E-state index in [9.17, 15) is 9.46 Å². The lowest BCUT2D eigenvalue weighted by Crippen LogP contribution is -2.45. The van der Waals surface area contributed by atoms with Gasteiger partial charge in [0, 0.05) is 6.42 Å². The second-order valence-corrected chi connectivity index (χ2v) is 13.5. The van der Waals surface area contributed by atoms with Gasteiger partial charge in [-0.1, -0.05) is 129 Å². The first-order valence-corrected chi connectivity index (χ1v) is 16.8. The van der Waals surface area contributed by atoms with Gasteiger partial charge in [-0.3, -0.25) is 4.57 Å². The largest absolute Gasteiger partial charge is 0.385 e. The smallest absolute Gasteiger partial charge is 0.320 e. The number of unbranched alkanes of at least 4 members (excludes halogenated alkanes) is 17. The molecule has 4 nitrogen and oxygen atoms in total. The summed E-state index contributed by atoms with van der Waals surface area (Å²) in [5, 5.41) is 0. The van der Waals surface area contributed by atoms with Gasteiger partial charge < -0.3 is 13.9 Å². The third-order valence-corrected chi connectivity index (χ3v) is 9.28. The summed E-state index contributed by atoms with van der Waals surface area (Å²) in [4.78, 5) is 10.4. The lowest BCUT2D eigenvalue weighted by molar-refractivity contribution is -0.883. The van der Waals surface area contributed by atoms with E-state index in [1.807, 2.05) is 28.1 Å². The monoisotopic (exact) mass is 516 g/mol. The molecule has 0 aliphatic rings. The lowest BCUT2D eigenvalue weighted by Gasteiger charge is -2.35. The van der Waals surface area contributed by atoms with Gasteiger partial charge in [-0.15, -0.1) is 0 Å². The molecule has 0 amide bonds. The molecule has 0 aromatic carbocycles. The fraction of sp³-hybridized carbons (Fsp3) is 0.933. The van der Waals surface area contributed by atoms with Crippen LogP contribution in [0.1, 0.15) is 149 Å². The fourth-order valence-electron chi connectivity index (χ4n) is 4.81. The van der Waals surface area contributed by atoms with E-state index in [0.717, 1.165) is 12.8 Å². The summed E-state index contributed by atoms with van der Waals surface area (Å²) in [6.45, 7) is 4.66. The molecule has 0 bridgehead atoms. The van der Waals surface area contributed by atoms with Gasteiger partial charge in [0.15, 0.2) is 5.78 Å². The number of rotatable bonds is 26. The molecule has 0 fully saturated rings. The topological polar surface area (TPSA) is 46.5 Å². The van der Waals surface area contributed by atoms with Crippen molar-refractivity contribution in [1.82, 2.24) is 0 Å². The first kappa shape index (κ1) is 34.9. The standard InChI is InChI=1S/C30H62NO3P/c1-6-8-9-10-11-12-13-14-15-16-17-18-19-20-21-22-23-24-25-26-27-29-34-35(32,33)30(28-7-2)31(3,4)5/h25-26,30H,6-24,27-29H2,1-5H3/p+1/b26-25-. The van der Waals surface area contributed by atoms with E-state index in [0.29, 0.717) is 23.9 Å². The highest BCUT2D eigenvalue weighted by Crippen LogP contribution is 2.51. The van der Waals surface area contributed by atoms with Crippen LogP contribution in [0, 0.1) is 0 Å². The average molecular weight is 517 g/mol. The van der Waals surface area contributed by atoms with Gasteiger partial charge in [0.25, 0.3) is 0 Å². The van der Waals surface area contributed by atoms with Gasteiger partial charge in [0.05, 0.1) is 27.7 Å². The van der Waals surface area contributed by atoms with Gasteiger partial charge in [0.1, 0.15) is 0 Å². The third-order valence-electron chi connectivity index (χ3n) is 7.02. The fourth-order valence-corrected chi connectivity index (χ4v) is 6.81. The van der Waals surface area contributed by atoms with E-state index in [1.54, 1.807) is 0 Å². The van der Waals surface area contributed by atoms with Crippen LogP contribution in [-0.2, 0) is 9.09 Å². The zero-order valence-electron chi connectivity index (χ0n) is 24.4. The number of hydrogen-bond acceptors (Lipinski definition) is 2. The first-order valence-electron chi connectivity index (χ1n) is 15.2. The Hall–Kier alpha value is -0.150. The predicted molar refractivity (Wildman–Crippen MR) is 155 cm³/mol. The van der Waals surface area contributed by atoms with Crippen molar-refractivity contribution in [2.24, 2.45) is 0 Å². The average Bonchev–Trinajstić information content (AvgIpc) is 2.80. The van der Waals surface area contributed by atoms with Crippen molar-refractivity contribution in [2.45, 2.75) is 154 Å². The third kappa shape index (κ3) is 21.6. The zero-order chi connectivity index (χ0) is 26.3. The molecule has 210 valence electrons. The Morgan fingerprint density at radius 1 is 0.657 bits per heavy atom. The Morgan fingerprint density at radius 3 is 1.46 bits per heavy atom. The number of allylic oxidation sites excluding steroid dienone is 1. The number of hydrogen-bond donors (Lipinski definition) is 1. The van der Waals surface area contributed by atoms with E-state index >= 15 is 0 Å². The van der Waals surface area contributed by atoms with E-state index in [4.69, 9.17) is 4.52 Å². The minimum absolute atomic E-state index is 0.323. The van der Waals surface area contributed by atoms with E-state index in [1.165, 1.54) is 109 Å². The molecule has 0 heterocycles. The van der Waals surface area contributed by atoms with E-state index in [-0.39, 0.29) is 5.78 Å². The Morgan fingerprint density at radius 2 is 1.06 bits per heavy atom. The first-order chi connectivity index (χ1) is 16.8. The summed E-state index contributed by atoms with van der Waals surface area (Å²) in [5.74, 6) is -0.355. The van der Waals surface area contributed by atoms with Gasteiger partial charge in [-0.05, 0) is 25.7 Å². The molecular formula is C30H63NO3P+. The maximum atomic E-state index is 12.7. The minimum atomic E-state index is -3.60. The summed E-state index contributed by atoms with van der Waals surface area (Å²) in [6, 6.07) is 0. The summed E-state index contributed by atoms with van der Waals surface area (Å²) in [6.07, 6.45) is 31.6. The van der Waals surface area contributed by atoms with Crippen molar-refractivity contribution >= 4 is 7.60 Å². The Labute approximate surface area is 220 Å². The number of quaternary nitrogens is 1. The van der Waals surface area contributed by atoms with Crippen molar-refractivity contribution in [3.8, 4) is 0 Å². The molecule has 2 unspecified atom stereocenters. The van der Waals surface area contributed by atoms with Crippen LogP contribution < -0.4 is 0 Å². The molecule has 1 N–H and O–H groups in total. The van der Waals surface area contributed by atoms with E-state index in [2.05, 4.69) is 19.1 Å². The molecule has 0 spiro atoms. The highest BCUT2D eigenvalue weighted by molar-refractivity contribution is 7.53. The van der Waals surface area contributed by atoms with Crippen LogP contribution >= 0.6 is 7.60 Å². The van der Waals surface area contributed by atoms with E-state index < -0.39 is 7.60 Å². The number of nitrogens with zero attached hydrogens (tertiary/aromatic N) is 1. The van der Waals surface area contributed by atoms with Gasteiger partial charge in [-0.25, -0.2) is 0 Å². The van der Waals surface area contributed by atoms with Crippen LogP contribution in [0.25, 0.3) is 0 Å². The SMILES string of the molecule is CCCCCCCCCCCCCCCCCCC/C=C\CCOP(=O)(O)C(CCC)[N+](C)(C)C. The van der Waals surface area contributed by atoms with Crippen molar-refractivity contribution in [3.05, 3.63) is 12.2 Å². The molecule has 0 aromatic rings. The van der Waals surface area contributed by atoms with Crippen LogP contribution in [0.4, 0.5) is 0 Å². The van der Waals surface area contributed by atoms with Gasteiger partial charge in [-0.2, -0.15) is 0 Å². The molecule has 0 radical (unpaired) electrons. The maximum Gasteiger partial charge on any atom is 0.385 e. The highest BCUT2D eigenvalue weighted by atomic mass is 31.2. The van der Waals surface area contributed by atoms with Crippen LogP contribution in [0.3, 0.4) is 0 Å². The molecule has 0 aliphatic carbocycles. The van der Waals surface area contributed by atoms with Crippen LogP contribution in [-0.4, -0.2) is 42.9 Å². The van der Waals surface area contributed by atoms with Crippen molar-refractivity contribution in [1.29, 1.82) is 0 Å². The Kier molecular flexibility index (Phi) is 22.9. The molecule has 0 rings (SSSR count). The molecule has 2 atom stereocenters. The van der Waals surface area contributed by atoms with Crippen molar-refractivity contribution in [3.63, 3.8) is 0 Å². The Bertz CT molecular complexity index is 530. The van der Waals surface area contributed by atoms with Gasteiger partial charge in [0.2, 0.25) is 0 Å². The van der Waals surface area contributed by atoms with Gasteiger partial charge >= 0.3 is 7.60 Å². The van der Waals surface area contributed by atoms with Crippen LogP contribution in [0.5, 0.6) is 0 Å². The summed E-state index contributed by atoms with van der Waals surface area (Å²) < 4.78 is 18.6. The van der Waals surface area contributed by atoms with Crippen LogP contribution in [0.2, 0.25) is 0 Å². The molecule has 5 heteroatoms. The summed E-state index contributed by atoms with van der Waals surface area (Å²) >= 11 is 0. The second-order valence-electron chi connectivity index (χ2n) is 11.5. The predicted octanol–water partition coefficient (Wildman–Crippen LogP) is 10.0. The molecule has 0 saturated carbocycles. The summed E-state index contributed by atoms with van der Waals surface area (Å²) in [5.41, 5.74) is 0. The van der Waals surface area contributed by atoms with Crippen molar-refractivity contribution < 1.29 is 18.5 Å². The van der Waals surface area contributed by atoms with Crippen LogP contribution in [0.15, 0.2) is 12.2 Å².